The lowest BCUT2D eigenvalue weighted by Crippen LogP contribution is -2.42. The molecule has 116 valence electrons. The zero-order chi connectivity index (χ0) is 16.4. The van der Waals surface area contributed by atoms with Crippen LogP contribution in [0.1, 0.15) is 27.8 Å². The molecule has 1 aliphatic heterocycles. The summed E-state index contributed by atoms with van der Waals surface area (Å²) in [5.74, 6) is -1.31. The van der Waals surface area contributed by atoms with Crippen molar-refractivity contribution in [2.75, 3.05) is 18.0 Å². The molecular weight excluding hydrogens is 294 g/mol. The van der Waals surface area contributed by atoms with E-state index >= 15 is 0 Å². The first-order valence-corrected chi connectivity index (χ1v) is 7.30. The molecule has 0 aliphatic carbocycles. The van der Waals surface area contributed by atoms with Gasteiger partial charge in [0.15, 0.2) is 0 Å². The van der Waals surface area contributed by atoms with E-state index in [2.05, 4.69) is 4.98 Å². The lowest BCUT2D eigenvalue weighted by atomic mass is 10.2. The summed E-state index contributed by atoms with van der Waals surface area (Å²) in [5.41, 5.74) is 1.08. The molecule has 1 aromatic heterocycles. The number of imide groups is 1. The monoisotopic (exact) mass is 309 g/mol. The Balaban J connectivity index is 1.81. The molecule has 2 heterocycles. The van der Waals surface area contributed by atoms with E-state index in [-0.39, 0.29) is 23.7 Å². The first-order valence-electron chi connectivity index (χ1n) is 7.30. The topological polar surface area (TPSA) is 70.6 Å². The van der Waals surface area contributed by atoms with Gasteiger partial charge in [-0.25, -0.2) is 0 Å². The fraction of sp³-hybridized carbons (Fsp3) is 0.176. The van der Waals surface area contributed by atoms with E-state index in [1.807, 2.05) is 37.3 Å². The number of carbonyl (C=O) groups excluding carboxylic acids is 3. The molecular formula is C17H15N3O3. The van der Waals surface area contributed by atoms with E-state index in [9.17, 15) is 14.4 Å². The molecule has 6 heteroatoms. The molecule has 0 atom stereocenters. The predicted octanol–water partition coefficient (Wildman–Crippen LogP) is 1.73. The van der Waals surface area contributed by atoms with Crippen molar-refractivity contribution in [1.82, 2.24) is 9.88 Å². The minimum atomic E-state index is -0.525. The van der Waals surface area contributed by atoms with Crippen LogP contribution in [-0.2, 0) is 4.79 Å². The summed E-state index contributed by atoms with van der Waals surface area (Å²) in [4.78, 5) is 43.5. The van der Waals surface area contributed by atoms with Gasteiger partial charge in [-0.05, 0) is 31.2 Å². The Morgan fingerprint density at radius 1 is 1.09 bits per heavy atom. The molecule has 1 aromatic carbocycles. The van der Waals surface area contributed by atoms with Crippen molar-refractivity contribution in [3.05, 3.63) is 59.9 Å². The predicted molar refractivity (Wildman–Crippen MR) is 84.1 cm³/mol. The van der Waals surface area contributed by atoms with Crippen LogP contribution in [0.4, 0.5) is 5.69 Å². The molecule has 0 N–H and O–H groups in total. The number of likely N-dealkylation sites (N-methyl/N-ethyl adjacent to an activating group) is 1. The van der Waals surface area contributed by atoms with Gasteiger partial charge < -0.3 is 4.90 Å². The molecule has 2 aromatic rings. The van der Waals surface area contributed by atoms with E-state index in [1.165, 1.54) is 11.1 Å². The summed E-state index contributed by atoms with van der Waals surface area (Å²) in [6.45, 7) is 2.00. The van der Waals surface area contributed by atoms with Gasteiger partial charge in [-0.2, -0.15) is 0 Å². The average Bonchev–Trinajstić information content (AvgIpc) is 2.82. The Kier molecular flexibility index (Phi) is 3.89. The normalized spacial score (nSPS) is 13.2. The van der Waals surface area contributed by atoms with Gasteiger partial charge in [0.25, 0.3) is 11.8 Å². The Bertz CT molecular complexity index is 739. The number of aromatic nitrogens is 1. The number of amides is 3. The summed E-state index contributed by atoms with van der Waals surface area (Å²) in [5, 5.41) is 0. The Morgan fingerprint density at radius 2 is 1.83 bits per heavy atom. The number of hydrogen-bond acceptors (Lipinski definition) is 4. The Hall–Kier alpha value is -3.02. The van der Waals surface area contributed by atoms with Crippen LogP contribution in [0, 0.1) is 0 Å². The molecule has 0 radical (unpaired) electrons. The van der Waals surface area contributed by atoms with E-state index in [0.717, 1.165) is 10.6 Å². The second-order valence-electron chi connectivity index (χ2n) is 5.07. The maximum Gasteiger partial charge on any atom is 0.280 e. The third-order valence-corrected chi connectivity index (χ3v) is 3.71. The van der Waals surface area contributed by atoms with Gasteiger partial charge in [0.2, 0.25) is 5.91 Å². The van der Waals surface area contributed by atoms with Crippen LogP contribution < -0.4 is 4.90 Å². The minimum Gasteiger partial charge on any atom is -0.311 e. The van der Waals surface area contributed by atoms with Crippen LogP contribution in [0.15, 0.2) is 48.7 Å². The molecule has 0 fully saturated rings. The zero-order valence-electron chi connectivity index (χ0n) is 12.6. The summed E-state index contributed by atoms with van der Waals surface area (Å²) >= 11 is 0. The van der Waals surface area contributed by atoms with Gasteiger partial charge in [0.1, 0.15) is 12.2 Å². The van der Waals surface area contributed by atoms with E-state index in [1.54, 1.807) is 12.1 Å². The van der Waals surface area contributed by atoms with Crippen molar-refractivity contribution in [3.8, 4) is 0 Å². The van der Waals surface area contributed by atoms with Crippen LogP contribution in [-0.4, -0.2) is 40.7 Å². The summed E-state index contributed by atoms with van der Waals surface area (Å²) < 4.78 is 0. The third kappa shape index (κ3) is 2.59. The van der Waals surface area contributed by atoms with Crippen LogP contribution in [0.2, 0.25) is 0 Å². The van der Waals surface area contributed by atoms with E-state index in [4.69, 9.17) is 0 Å². The smallest absolute Gasteiger partial charge is 0.280 e. The molecule has 0 spiro atoms. The van der Waals surface area contributed by atoms with Gasteiger partial charge in [-0.3, -0.25) is 24.3 Å². The summed E-state index contributed by atoms with van der Waals surface area (Å²) in [6.07, 6.45) is 1.46. The fourth-order valence-electron chi connectivity index (χ4n) is 2.59. The maximum atomic E-state index is 12.5. The maximum absolute atomic E-state index is 12.5. The number of pyridine rings is 1. The number of para-hydroxylation sites is 1. The van der Waals surface area contributed by atoms with Gasteiger partial charge in [-0.1, -0.05) is 18.2 Å². The molecule has 3 rings (SSSR count). The van der Waals surface area contributed by atoms with Crippen LogP contribution in [0.3, 0.4) is 0 Å². The van der Waals surface area contributed by atoms with Gasteiger partial charge in [0.05, 0.1) is 5.56 Å². The van der Waals surface area contributed by atoms with Crippen molar-refractivity contribution in [3.63, 3.8) is 0 Å². The van der Waals surface area contributed by atoms with Crippen molar-refractivity contribution < 1.29 is 14.4 Å². The Morgan fingerprint density at radius 3 is 2.48 bits per heavy atom. The van der Waals surface area contributed by atoms with Gasteiger partial charge >= 0.3 is 0 Å². The van der Waals surface area contributed by atoms with Crippen molar-refractivity contribution in [2.45, 2.75) is 6.92 Å². The van der Waals surface area contributed by atoms with Crippen LogP contribution in [0.25, 0.3) is 0 Å². The van der Waals surface area contributed by atoms with Crippen molar-refractivity contribution in [2.24, 2.45) is 0 Å². The van der Waals surface area contributed by atoms with Crippen molar-refractivity contribution in [1.29, 1.82) is 0 Å². The second-order valence-corrected chi connectivity index (χ2v) is 5.07. The lowest BCUT2D eigenvalue weighted by molar-refractivity contribution is -0.118. The minimum absolute atomic E-state index is 0.105. The average molecular weight is 309 g/mol. The molecule has 1 aliphatic rings. The molecule has 0 bridgehead atoms. The fourth-order valence-corrected chi connectivity index (χ4v) is 2.59. The van der Waals surface area contributed by atoms with E-state index in [0.29, 0.717) is 6.54 Å². The molecule has 0 saturated carbocycles. The SMILES string of the molecule is CCN(C(=O)CN1C(=O)c2cccnc2C1=O)c1ccccc1. The molecule has 3 amide bonds. The Labute approximate surface area is 133 Å². The number of benzene rings is 1. The number of hydrogen-bond donors (Lipinski definition) is 0. The first kappa shape index (κ1) is 14.9. The van der Waals surface area contributed by atoms with Crippen molar-refractivity contribution >= 4 is 23.4 Å². The summed E-state index contributed by atoms with van der Waals surface area (Å²) in [7, 11) is 0. The quantitative estimate of drug-likeness (QED) is 0.807. The zero-order valence-corrected chi connectivity index (χ0v) is 12.6. The van der Waals surface area contributed by atoms with Gasteiger partial charge in [0, 0.05) is 18.4 Å². The third-order valence-electron chi connectivity index (χ3n) is 3.71. The van der Waals surface area contributed by atoms with Gasteiger partial charge in [-0.15, -0.1) is 0 Å². The summed E-state index contributed by atoms with van der Waals surface area (Å²) in [6, 6.07) is 12.3. The number of nitrogens with zero attached hydrogens (tertiary/aromatic N) is 3. The second kappa shape index (κ2) is 6.00. The highest BCUT2D eigenvalue weighted by Crippen LogP contribution is 2.21. The van der Waals surface area contributed by atoms with E-state index < -0.39 is 11.8 Å². The lowest BCUT2D eigenvalue weighted by Gasteiger charge is -2.23. The first-order chi connectivity index (χ1) is 11.1. The molecule has 6 nitrogen and oxygen atoms in total. The standard InChI is InChI=1S/C17H15N3O3/c1-2-19(12-7-4-3-5-8-12)14(21)11-20-16(22)13-9-6-10-18-15(13)17(20)23/h3-10H,2,11H2,1H3. The molecule has 0 saturated heterocycles. The highest BCUT2D eigenvalue weighted by molar-refractivity contribution is 6.21. The number of anilines is 1. The number of fused-ring (bicyclic) bond motifs is 1. The number of carbonyl (C=O) groups is 3. The molecule has 0 unspecified atom stereocenters. The molecule has 23 heavy (non-hydrogen) atoms. The van der Waals surface area contributed by atoms with Crippen LogP contribution in [0.5, 0.6) is 0 Å². The number of rotatable bonds is 4. The highest BCUT2D eigenvalue weighted by Gasteiger charge is 2.38. The van der Waals surface area contributed by atoms with Crippen LogP contribution >= 0.6 is 0 Å². The highest BCUT2D eigenvalue weighted by atomic mass is 16.2. The largest absolute Gasteiger partial charge is 0.311 e.